The van der Waals surface area contributed by atoms with Crippen LogP contribution in [0.3, 0.4) is 0 Å². The third-order valence-electron chi connectivity index (χ3n) is 6.28. The van der Waals surface area contributed by atoms with Crippen molar-refractivity contribution in [2.75, 3.05) is 32.6 Å². The first-order chi connectivity index (χ1) is 17.6. The minimum Gasteiger partial charge on any atom is -0.383 e. The lowest BCUT2D eigenvalue weighted by Crippen LogP contribution is -2.41. The molecule has 2 aromatic heterocycles. The molecule has 1 aromatic carbocycles. The van der Waals surface area contributed by atoms with Crippen molar-refractivity contribution < 1.29 is 14.3 Å². The van der Waals surface area contributed by atoms with Gasteiger partial charge in [0, 0.05) is 31.7 Å². The van der Waals surface area contributed by atoms with Crippen LogP contribution in [0, 0.1) is 18.8 Å². The fraction of sp³-hybridized carbons (Fsp3) is 0.320. The molecule has 0 aliphatic carbocycles. The van der Waals surface area contributed by atoms with Gasteiger partial charge in [-0.3, -0.25) is 9.59 Å². The van der Waals surface area contributed by atoms with Crippen LogP contribution in [-0.4, -0.2) is 80.3 Å². The molecule has 3 N–H and O–H groups in total. The van der Waals surface area contributed by atoms with E-state index in [1.807, 2.05) is 6.92 Å². The third-order valence-corrected chi connectivity index (χ3v) is 7.17. The Balaban J connectivity index is 1.81. The van der Waals surface area contributed by atoms with E-state index < -0.39 is 11.1 Å². The summed E-state index contributed by atoms with van der Waals surface area (Å²) in [7, 11) is 7.06. The number of rotatable bonds is 6. The maximum atomic E-state index is 12.5. The molecule has 0 spiro atoms. The summed E-state index contributed by atoms with van der Waals surface area (Å²) >= 11 is 6.49. The molecule has 4 rings (SSSR count). The van der Waals surface area contributed by atoms with Gasteiger partial charge in [-0.2, -0.15) is 15.3 Å². The second-order valence-corrected chi connectivity index (χ2v) is 10.1. The number of aryl methyl sites for hydroxylation is 1. The summed E-state index contributed by atoms with van der Waals surface area (Å²) in [5.41, 5.74) is 8.12. The Morgan fingerprint density at radius 1 is 1.43 bits per heavy atom. The predicted octanol–water partition coefficient (Wildman–Crippen LogP) is 1.58. The highest BCUT2D eigenvalue weighted by Crippen LogP contribution is 2.35. The number of benzene rings is 1. The number of halogens is 1. The maximum absolute atomic E-state index is 12.5. The summed E-state index contributed by atoms with van der Waals surface area (Å²) in [5, 5.41) is 16.2. The van der Waals surface area contributed by atoms with Gasteiger partial charge in [-0.25, -0.2) is 4.68 Å². The molecule has 2 amide bonds. The number of methoxy groups -OCH3 is 1. The standard InChI is InChI=1S/C25H25ClN7O3Si/c1-5-21(34)32-13-25(37,10-16(32)12-36-4)33-24(28-3)22(23(27)35)19(31-33)7-6-15-8-20-17(9-18(15)26)14(2)11-29-30-20/h5,8-9,11,16,28H,1,10,12-13H2,2-4H3,(H2,27,35)/t16-,25-/m1/s1. The Morgan fingerprint density at radius 3 is 2.84 bits per heavy atom. The monoisotopic (exact) mass is 534 g/mol. The summed E-state index contributed by atoms with van der Waals surface area (Å²) in [6.07, 6.45) is 3.37. The van der Waals surface area contributed by atoms with Crippen molar-refractivity contribution in [3.05, 3.63) is 58.4 Å². The van der Waals surface area contributed by atoms with Crippen LogP contribution < -0.4 is 11.1 Å². The minimum absolute atomic E-state index is 0.122. The van der Waals surface area contributed by atoms with Crippen LogP contribution in [0.15, 0.2) is 31.0 Å². The van der Waals surface area contributed by atoms with Gasteiger partial charge in [0.05, 0.1) is 44.8 Å². The largest absolute Gasteiger partial charge is 0.383 e. The van der Waals surface area contributed by atoms with E-state index in [4.69, 9.17) is 22.1 Å². The quantitative estimate of drug-likeness (QED) is 0.279. The van der Waals surface area contributed by atoms with Crippen LogP contribution >= 0.6 is 11.6 Å². The van der Waals surface area contributed by atoms with Gasteiger partial charge in [0.1, 0.15) is 11.4 Å². The summed E-state index contributed by atoms with van der Waals surface area (Å²) < 4.78 is 6.93. The summed E-state index contributed by atoms with van der Waals surface area (Å²) in [5.74, 6) is 5.37. The van der Waals surface area contributed by atoms with Gasteiger partial charge in [-0.1, -0.05) is 24.1 Å². The number of likely N-dealkylation sites (tertiary alicyclic amines) is 1. The highest BCUT2D eigenvalue weighted by atomic mass is 35.5. The van der Waals surface area contributed by atoms with Gasteiger partial charge >= 0.3 is 0 Å². The van der Waals surface area contributed by atoms with Gasteiger partial charge < -0.3 is 20.7 Å². The predicted molar refractivity (Wildman–Crippen MR) is 141 cm³/mol. The molecule has 0 unspecified atom stereocenters. The molecule has 3 heterocycles. The van der Waals surface area contributed by atoms with Gasteiger partial charge in [0.2, 0.25) is 5.91 Å². The third kappa shape index (κ3) is 4.83. The number of carbonyl (C=O) groups excluding carboxylic acids is 2. The van der Waals surface area contributed by atoms with Gasteiger partial charge in [0.15, 0.2) is 5.69 Å². The van der Waals surface area contributed by atoms with Crippen molar-refractivity contribution in [1.82, 2.24) is 24.9 Å². The van der Waals surface area contributed by atoms with Crippen molar-refractivity contribution in [1.29, 1.82) is 0 Å². The van der Waals surface area contributed by atoms with Crippen LogP contribution in [0.1, 0.15) is 33.6 Å². The van der Waals surface area contributed by atoms with E-state index >= 15 is 0 Å². The van der Waals surface area contributed by atoms with Crippen LogP contribution in [0.2, 0.25) is 5.02 Å². The van der Waals surface area contributed by atoms with Crippen LogP contribution in [0.5, 0.6) is 0 Å². The number of fused-ring (bicyclic) bond motifs is 1. The molecule has 2 atom stereocenters. The Labute approximate surface area is 222 Å². The zero-order valence-corrected chi connectivity index (χ0v) is 22.4. The molecular weight excluding hydrogens is 510 g/mol. The van der Waals surface area contributed by atoms with E-state index in [0.717, 1.165) is 10.9 Å². The van der Waals surface area contributed by atoms with Crippen molar-refractivity contribution in [2.45, 2.75) is 24.5 Å². The number of hydrogen-bond donors (Lipinski definition) is 2. The summed E-state index contributed by atoms with van der Waals surface area (Å²) in [6, 6.07) is 3.28. The van der Waals surface area contributed by atoms with E-state index in [2.05, 4.69) is 49.3 Å². The van der Waals surface area contributed by atoms with Crippen molar-refractivity contribution >= 4 is 50.4 Å². The molecule has 3 aromatic rings. The lowest BCUT2D eigenvalue weighted by atomic mass is 10.1. The molecule has 12 heteroatoms. The number of primary amides is 1. The molecule has 37 heavy (non-hydrogen) atoms. The van der Waals surface area contributed by atoms with E-state index in [1.165, 1.54) is 6.08 Å². The van der Waals surface area contributed by atoms with Gasteiger partial charge in [-0.05, 0) is 43.0 Å². The number of nitrogens with one attached hydrogen (secondary N) is 1. The number of ether oxygens (including phenoxy) is 1. The number of amides is 2. The van der Waals surface area contributed by atoms with Crippen LogP contribution in [0.4, 0.5) is 5.82 Å². The fourth-order valence-corrected chi connectivity index (χ4v) is 5.33. The molecule has 0 saturated carbocycles. The molecule has 189 valence electrons. The normalized spacial score (nSPS) is 18.9. The number of anilines is 1. The molecule has 1 fully saturated rings. The number of hydrogen-bond acceptors (Lipinski definition) is 7. The van der Waals surface area contributed by atoms with E-state index in [0.29, 0.717) is 34.9 Å². The van der Waals surface area contributed by atoms with Gasteiger partial charge in [0.25, 0.3) is 5.91 Å². The van der Waals surface area contributed by atoms with E-state index in [9.17, 15) is 9.59 Å². The number of nitrogens with two attached hydrogens (primary N) is 1. The molecule has 0 bridgehead atoms. The first-order valence-corrected chi connectivity index (χ1v) is 12.2. The maximum Gasteiger partial charge on any atom is 0.255 e. The average molecular weight is 535 g/mol. The first kappa shape index (κ1) is 26.3. The molecule has 1 aliphatic heterocycles. The van der Waals surface area contributed by atoms with Crippen molar-refractivity contribution in [2.24, 2.45) is 5.73 Å². The Bertz CT molecular complexity index is 1480. The highest BCUT2D eigenvalue weighted by Gasteiger charge is 2.46. The molecular formula is C25H25ClN7O3Si. The minimum atomic E-state index is -0.863. The Morgan fingerprint density at radius 2 is 2.19 bits per heavy atom. The Hall–Kier alpha value is -3.72. The summed E-state index contributed by atoms with van der Waals surface area (Å²) in [4.78, 5) is 26.7. The molecule has 1 saturated heterocycles. The van der Waals surface area contributed by atoms with Crippen LogP contribution in [0.25, 0.3) is 10.9 Å². The zero-order chi connectivity index (χ0) is 26.9. The average Bonchev–Trinajstić information content (AvgIpc) is 3.42. The first-order valence-electron chi connectivity index (χ1n) is 11.3. The number of carbonyl (C=O) groups is 2. The van der Waals surface area contributed by atoms with Crippen LogP contribution in [-0.2, 0) is 14.7 Å². The number of nitrogens with zero attached hydrogens (tertiary/aromatic N) is 5. The lowest BCUT2D eigenvalue weighted by molar-refractivity contribution is -0.127. The van der Waals surface area contributed by atoms with Gasteiger partial charge in [-0.15, -0.1) is 0 Å². The SMILES string of the molecule is C=CC(=O)N1C[C@@]([Si])(n2nc(C#Cc3cc4nncc(C)c4cc3Cl)c(C(N)=O)c2NC)C[C@@H]1COC. The second kappa shape index (κ2) is 10.3. The second-order valence-electron chi connectivity index (χ2n) is 8.74. The van der Waals surface area contributed by atoms with E-state index in [-0.39, 0.29) is 29.8 Å². The molecule has 10 nitrogen and oxygen atoms in total. The lowest BCUT2D eigenvalue weighted by Gasteiger charge is -2.27. The van der Waals surface area contributed by atoms with E-state index in [1.54, 1.807) is 42.1 Å². The fourth-order valence-electron chi connectivity index (χ4n) is 4.55. The van der Waals surface area contributed by atoms with Crippen molar-refractivity contribution in [3.63, 3.8) is 0 Å². The number of aromatic nitrogens is 4. The topological polar surface area (TPSA) is 128 Å². The molecule has 3 radical (unpaired) electrons. The Kier molecular flexibility index (Phi) is 7.36. The zero-order valence-electron chi connectivity index (χ0n) is 20.6. The van der Waals surface area contributed by atoms with Crippen molar-refractivity contribution in [3.8, 4) is 11.8 Å². The highest BCUT2D eigenvalue weighted by molar-refractivity contribution is 6.32. The molecule has 1 aliphatic rings. The summed E-state index contributed by atoms with van der Waals surface area (Å²) in [6.45, 7) is 6.09. The smallest absolute Gasteiger partial charge is 0.255 e.